The standard InChI is InChI=1S/C11H15IO/c1-3-9-5-10(4-2)7-11(6-9)13-8-12/h5-7H,3-4,8H2,1-2H3. The quantitative estimate of drug-likeness (QED) is 0.608. The van der Waals surface area contributed by atoms with Crippen molar-refractivity contribution in [1.82, 2.24) is 0 Å². The molecule has 0 bridgehead atoms. The van der Waals surface area contributed by atoms with E-state index in [2.05, 4.69) is 54.6 Å². The van der Waals surface area contributed by atoms with Crippen molar-refractivity contribution < 1.29 is 4.74 Å². The van der Waals surface area contributed by atoms with Gasteiger partial charge in [0.05, 0.1) is 0 Å². The average molecular weight is 290 g/mol. The van der Waals surface area contributed by atoms with Crippen molar-refractivity contribution in [2.45, 2.75) is 26.7 Å². The van der Waals surface area contributed by atoms with Gasteiger partial charge in [0.15, 0.2) is 0 Å². The maximum atomic E-state index is 5.48. The van der Waals surface area contributed by atoms with Gasteiger partial charge in [-0.25, -0.2) is 0 Å². The SMILES string of the molecule is CCc1cc(CC)cc(OCI)c1. The van der Waals surface area contributed by atoms with Crippen LogP contribution in [0.2, 0.25) is 0 Å². The van der Waals surface area contributed by atoms with Crippen molar-refractivity contribution in [1.29, 1.82) is 0 Å². The van der Waals surface area contributed by atoms with Crippen LogP contribution in [0.15, 0.2) is 18.2 Å². The summed E-state index contributed by atoms with van der Waals surface area (Å²) in [6.07, 6.45) is 2.15. The van der Waals surface area contributed by atoms with Crippen molar-refractivity contribution in [2.24, 2.45) is 0 Å². The van der Waals surface area contributed by atoms with Gasteiger partial charge < -0.3 is 4.74 Å². The Morgan fingerprint density at radius 2 is 1.62 bits per heavy atom. The first kappa shape index (κ1) is 10.8. The zero-order valence-electron chi connectivity index (χ0n) is 8.14. The summed E-state index contributed by atoms with van der Waals surface area (Å²) in [4.78, 5) is 0. The minimum absolute atomic E-state index is 0.716. The smallest absolute Gasteiger partial charge is 0.139 e. The Kier molecular flexibility index (Phi) is 4.56. The van der Waals surface area contributed by atoms with Crippen molar-refractivity contribution in [3.8, 4) is 5.75 Å². The molecule has 0 aromatic heterocycles. The van der Waals surface area contributed by atoms with Crippen LogP contribution >= 0.6 is 22.6 Å². The lowest BCUT2D eigenvalue weighted by Crippen LogP contribution is -1.92. The fourth-order valence-corrected chi connectivity index (χ4v) is 1.64. The normalized spacial score (nSPS) is 10.1. The molecular formula is C11H15IO. The van der Waals surface area contributed by atoms with Crippen molar-refractivity contribution in [3.05, 3.63) is 29.3 Å². The van der Waals surface area contributed by atoms with Crippen LogP contribution in [-0.4, -0.2) is 4.61 Å². The number of hydrogen-bond acceptors (Lipinski definition) is 1. The molecule has 72 valence electrons. The number of halogens is 1. The monoisotopic (exact) mass is 290 g/mol. The van der Waals surface area contributed by atoms with Crippen LogP contribution in [0.4, 0.5) is 0 Å². The maximum Gasteiger partial charge on any atom is 0.139 e. The summed E-state index contributed by atoms with van der Waals surface area (Å²) in [6.45, 7) is 4.34. The van der Waals surface area contributed by atoms with Gasteiger partial charge in [-0.05, 0) is 58.7 Å². The zero-order chi connectivity index (χ0) is 9.68. The average Bonchev–Trinajstić information content (AvgIpc) is 2.17. The predicted octanol–water partition coefficient (Wildman–Crippen LogP) is 3.58. The molecule has 0 fully saturated rings. The molecule has 0 spiro atoms. The second kappa shape index (κ2) is 5.47. The number of alkyl halides is 1. The van der Waals surface area contributed by atoms with E-state index in [1.807, 2.05) is 0 Å². The third kappa shape index (κ3) is 3.18. The van der Waals surface area contributed by atoms with Gasteiger partial charge in [0.2, 0.25) is 0 Å². The number of aryl methyl sites for hydroxylation is 2. The topological polar surface area (TPSA) is 9.23 Å². The number of rotatable bonds is 4. The summed E-state index contributed by atoms with van der Waals surface area (Å²) >= 11 is 2.22. The number of hydrogen-bond donors (Lipinski definition) is 0. The minimum Gasteiger partial charge on any atom is -0.483 e. The highest BCUT2D eigenvalue weighted by atomic mass is 127. The van der Waals surface area contributed by atoms with Crippen LogP contribution in [0.25, 0.3) is 0 Å². The van der Waals surface area contributed by atoms with E-state index in [0.29, 0.717) is 4.61 Å². The second-order valence-corrected chi connectivity index (χ2v) is 3.57. The first-order valence-corrected chi connectivity index (χ1v) is 6.14. The molecule has 0 saturated carbocycles. The fourth-order valence-electron chi connectivity index (χ4n) is 1.28. The molecule has 0 aliphatic carbocycles. The molecule has 0 radical (unpaired) electrons. The van der Waals surface area contributed by atoms with Crippen LogP contribution in [0.3, 0.4) is 0 Å². The molecule has 0 heterocycles. The predicted molar refractivity (Wildman–Crippen MR) is 64.7 cm³/mol. The van der Waals surface area contributed by atoms with E-state index >= 15 is 0 Å². The van der Waals surface area contributed by atoms with Gasteiger partial charge >= 0.3 is 0 Å². The molecule has 0 saturated heterocycles. The van der Waals surface area contributed by atoms with Gasteiger partial charge in [-0.1, -0.05) is 19.9 Å². The zero-order valence-corrected chi connectivity index (χ0v) is 10.3. The number of ether oxygens (including phenoxy) is 1. The second-order valence-electron chi connectivity index (χ2n) is 2.95. The lowest BCUT2D eigenvalue weighted by molar-refractivity contribution is 0.403. The van der Waals surface area contributed by atoms with E-state index < -0.39 is 0 Å². The van der Waals surface area contributed by atoms with Gasteiger partial charge in [0.1, 0.15) is 10.4 Å². The van der Waals surface area contributed by atoms with E-state index in [1.54, 1.807) is 0 Å². The highest BCUT2D eigenvalue weighted by Gasteiger charge is 1.98. The minimum atomic E-state index is 0.716. The Bertz CT molecular complexity index is 249. The summed E-state index contributed by atoms with van der Waals surface area (Å²) in [5, 5.41) is 0. The third-order valence-corrected chi connectivity index (χ3v) is 2.38. The van der Waals surface area contributed by atoms with E-state index in [4.69, 9.17) is 4.74 Å². The molecule has 1 aromatic rings. The van der Waals surface area contributed by atoms with Crippen LogP contribution in [0.1, 0.15) is 25.0 Å². The van der Waals surface area contributed by atoms with Crippen LogP contribution in [0.5, 0.6) is 5.75 Å². The van der Waals surface area contributed by atoms with E-state index in [9.17, 15) is 0 Å². The molecule has 2 heteroatoms. The molecule has 0 aliphatic rings. The van der Waals surface area contributed by atoms with Crippen molar-refractivity contribution in [3.63, 3.8) is 0 Å². The van der Waals surface area contributed by atoms with Crippen molar-refractivity contribution >= 4 is 22.6 Å². The first-order chi connectivity index (χ1) is 6.30. The molecule has 0 atom stereocenters. The van der Waals surface area contributed by atoms with Gasteiger partial charge in [0, 0.05) is 0 Å². The van der Waals surface area contributed by atoms with Crippen LogP contribution in [-0.2, 0) is 12.8 Å². The molecule has 0 unspecified atom stereocenters. The summed E-state index contributed by atoms with van der Waals surface area (Å²) < 4.78 is 6.19. The molecule has 0 amide bonds. The summed E-state index contributed by atoms with van der Waals surface area (Å²) in [6, 6.07) is 6.50. The summed E-state index contributed by atoms with van der Waals surface area (Å²) in [5.74, 6) is 1.01. The molecule has 0 N–H and O–H groups in total. The van der Waals surface area contributed by atoms with E-state index in [-0.39, 0.29) is 0 Å². The molecule has 1 nitrogen and oxygen atoms in total. The van der Waals surface area contributed by atoms with Gasteiger partial charge in [0.25, 0.3) is 0 Å². The fraction of sp³-hybridized carbons (Fsp3) is 0.455. The van der Waals surface area contributed by atoms with E-state index in [0.717, 1.165) is 18.6 Å². The summed E-state index contributed by atoms with van der Waals surface area (Å²) in [5.41, 5.74) is 2.72. The molecule has 0 aliphatic heterocycles. The van der Waals surface area contributed by atoms with Crippen LogP contribution in [0, 0.1) is 0 Å². The highest BCUT2D eigenvalue weighted by Crippen LogP contribution is 2.18. The summed E-state index contributed by atoms with van der Waals surface area (Å²) in [7, 11) is 0. The lowest BCUT2D eigenvalue weighted by atomic mass is 10.1. The Labute approximate surface area is 93.6 Å². The van der Waals surface area contributed by atoms with E-state index in [1.165, 1.54) is 11.1 Å². The van der Waals surface area contributed by atoms with Crippen molar-refractivity contribution in [2.75, 3.05) is 4.61 Å². The number of benzene rings is 1. The first-order valence-electron chi connectivity index (χ1n) is 4.61. The van der Waals surface area contributed by atoms with Gasteiger partial charge in [-0.2, -0.15) is 0 Å². The van der Waals surface area contributed by atoms with Gasteiger partial charge in [-0.15, -0.1) is 0 Å². The third-order valence-electron chi connectivity index (χ3n) is 2.06. The Balaban J connectivity index is 2.93. The van der Waals surface area contributed by atoms with Crippen LogP contribution < -0.4 is 4.74 Å². The lowest BCUT2D eigenvalue weighted by Gasteiger charge is -2.07. The maximum absolute atomic E-state index is 5.48. The Morgan fingerprint density at radius 3 is 2.00 bits per heavy atom. The molecule has 1 aromatic carbocycles. The molecule has 1 rings (SSSR count). The Hall–Kier alpha value is -0.250. The van der Waals surface area contributed by atoms with Gasteiger partial charge in [-0.3, -0.25) is 0 Å². The largest absolute Gasteiger partial charge is 0.483 e. The highest BCUT2D eigenvalue weighted by molar-refractivity contribution is 14.1. The molecular weight excluding hydrogens is 275 g/mol. The Morgan fingerprint density at radius 1 is 1.08 bits per heavy atom. The molecule has 13 heavy (non-hydrogen) atoms.